The zero-order valence-corrected chi connectivity index (χ0v) is 15.9. The quantitative estimate of drug-likeness (QED) is 0.398. The largest absolute Gasteiger partial charge is 0.345 e. The Morgan fingerprint density at radius 3 is 2.00 bits per heavy atom. The van der Waals surface area contributed by atoms with E-state index in [2.05, 4.69) is 23.3 Å². The van der Waals surface area contributed by atoms with Crippen LogP contribution >= 0.6 is 12.6 Å². The van der Waals surface area contributed by atoms with Crippen LogP contribution in [0.5, 0.6) is 0 Å². The summed E-state index contributed by atoms with van der Waals surface area (Å²) in [5.74, 6) is 0.201. The molecule has 2 atom stereocenters. The van der Waals surface area contributed by atoms with Crippen LogP contribution in [0.25, 0.3) is 0 Å². The van der Waals surface area contributed by atoms with E-state index >= 15 is 0 Å². The highest BCUT2D eigenvalue weighted by atomic mass is 32.1. The number of carbonyl (C=O) groups is 3. The third-order valence-electron chi connectivity index (χ3n) is 3.68. The van der Waals surface area contributed by atoms with Crippen LogP contribution < -0.4 is 10.6 Å². The van der Waals surface area contributed by atoms with Crippen molar-refractivity contribution in [1.29, 1.82) is 0 Å². The zero-order valence-electron chi connectivity index (χ0n) is 15.0. The summed E-state index contributed by atoms with van der Waals surface area (Å²) in [5, 5.41) is 5.50. The fraction of sp³-hybridized carbons (Fsp3) is 0.824. The summed E-state index contributed by atoms with van der Waals surface area (Å²) < 4.78 is 0. The van der Waals surface area contributed by atoms with Crippen molar-refractivity contribution < 1.29 is 14.4 Å². The second-order valence-electron chi connectivity index (χ2n) is 6.61. The van der Waals surface area contributed by atoms with Crippen molar-refractivity contribution in [3.05, 3.63) is 0 Å². The molecule has 0 fully saturated rings. The first kappa shape index (κ1) is 22.0. The molecule has 23 heavy (non-hydrogen) atoms. The van der Waals surface area contributed by atoms with E-state index in [4.69, 9.17) is 0 Å². The van der Waals surface area contributed by atoms with E-state index in [-0.39, 0.29) is 29.4 Å². The minimum atomic E-state index is -0.616. The van der Waals surface area contributed by atoms with Gasteiger partial charge in [0.1, 0.15) is 6.04 Å². The number of ketones is 1. The second-order valence-corrected chi connectivity index (χ2v) is 7.06. The van der Waals surface area contributed by atoms with Gasteiger partial charge in [-0.1, -0.05) is 34.1 Å². The Kier molecular flexibility index (Phi) is 11.0. The molecular formula is C17H32N2O3S. The molecule has 0 spiro atoms. The third-order valence-corrected chi connectivity index (χ3v) is 4.00. The SMILES string of the molecule is CC(C)C(=O)[C@H](C)NC(=O)[C@@H](NC(=O)CCCCCS)C(C)C. The molecule has 0 bridgehead atoms. The lowest BCUT2D eigenvalue weighted by atomic mass is 10.00. The van der Waals surface area contributed by atoms with E-state index < -0.39 is 12.1 Å². The summed E-state index contributed by atoms with van der Waals surface area (Å²) in [6, 6.07) is -1.16. The van der Waals surface area contributed by atoms with Gasteiger partial charge in [0, 0.05) is 12.3 Å². The highest BCUT2D eigenvalue weighted by molar-refractivity contribution is 7.80. The van der Waals surface area contributed by atoms with Crippen molar-refractivity contribution in [1.82, 2.24) is 10.6 Å². The summed E-state index contributed by atoms with van der Waals surface area (Å²) in [4.78, 5) is 36.2. The number of thiol groups is 1. The number of hydrogen-bond acceptors (Lipinski definition) is 4. The van der Waals surface area contributed by atoms with Gasteiger partial charge < -0.3 is 10.6 Å². The van der Waals surface area contributed by atoms with E-state index in [1.807, 2.05) is 13.8 Å². The molecule has 0 aliphatic carbocycles. The molecule has 2 N–H and O–H groups in total. The number of amides is 2. The van der Waals surface area contributed by atoms with Gasteiger partial charge in [-0.25, -0.2) is 0 Å². The van der Waals surface area contributed by atoms with Gasteiger partial charge in [-0.2, -0.15) is 12.6 Å². The minimum absolute atomic E-state index is 0.0149. The normalized spacial score (nSPS) is 13.7. The molecule has 0 unspecified atom stereocenters. The number of Topliss-reactive ketones (excluding diaryl/α,β-unsaturated/α-hetero) is 1. The Morgan fingerprint density at radius 2 is 1.52 bits per heavy atom. The first-order valence-electron chi connectivity index (χ1n) is 8.45. The van der Waals surface area contributed by atoms with E-state index in [0.29, 0.717) is 6.42 Å². The number of rotatable bonds is 11. The van der Waals surface area contributed by atoms with Crippen LogP contribution in [0.4, 0.5) is 0 Å². The lowest BCUT2D eigenvalue weighted by Crippen LogP contribution is -2.53. The Hall–Kier alpha value is -1.04. The Bertz CT molecular complexity index is 397. The third kappa shape index (κ3) is 8.98. The molecule has 0 aromatic carbocycles. The molecule has 0 radical (unpaired) electrons. The van der Waals surface area contributed by atoms with Crippen LogP contribution in [0.1, 0.15) is 60.3 Å². The first-order chi connectivity index (χ1) is 10.7. The van der Waals surface area contributed by atoms with Gasteiger partial charge in [0.15, 0.2) is 5.78 Å². The van der Waals surface area contributed by atoms with Crippen molar-refractivity contribution >= 4 is 30.2 Å². The van der Waals surface area contributed by atoms with Crippen molar-refractivity contribution in [2.24, 2.45) is 11.8 Å². The second kappa shape index (κ2) is 11.5. The minimum Gasteiger partial charge on any atom is -0.345 e. The van der Waals surface area contributed by atoms with Crippen LogP contribution in [-0.2, 0) is 14.4 Å². The van der Waals surface area contributed by atoms with E-state index in [1.165, 1.54) is 0 Å². The maximum atomic E-state index is 12.3. The van der Waals surface area contributed by atoms with E-state index in [1.54, 1.807) is 20.8 Å². The lowest BCUT2D eigenvalue weighted by Gasteiger charge is -2.24. The lowest BCUT2D eigenvalue weighted by molar-refractivity contribution is -0.133. The van der Waals surface area contributed by atoms with E-state index in [9.17, 15) is 14.4 Å². The molecule has 0 saturated carbocycles. The number of hydrogen-bond donors (Lipinski definition) is 3. The molecule has 2 amide bonds. The predicted octanol–water partition coefficient (Wildman–Crippen LogP) is 2.35. The molecule has 0 saturated heterocycles. The van der Waals surface area contributed by atoms with Gasteiger partial charge >= 0.3 is 0 Å². The van der Waals surface area contributed by atoms with E-state index in [0.717, 1.165) is 25.0 Å². The zero-order chi connectivity index (χ0) is 18.0. The molecule has 134 valence electrons. The predicted molar refractivity (Wildman–Crippen MR) is 96.5 cm³/mol. The molecular weight excluding hydrogens is 312 g/mol. The summed E-state index contributed by atoms with van der Waals surface area (Å²) in [5.41, 5.74) is 0. The highest BCUT2D eigenvalue weighted by Gasteiger charge is 2.27. The van der Waals surface area contributed by atoms with Gasteiger partial charge in [-0.05, 0) is 31.4 Å². The van der Waals surface area contributed by atoms with Crippen molar-refractivity contribution in [2.75, 3.05) is 5.75 Å². The van der Waals surface area contributed by atoms with Gasteiger partial charge in [0.05, 0.1) is 6.04 Å². The summed E-state index contributed by atoms with van der Waals surface area (Å²) in [6.07, 6.45) is 3.14. The molecule has 0 aliphatic rings. The van der Waals surface area contributed by atoms with Gasteiger partial charge in [0.25, 0.3) is 0 Å². The molecule has 0 aromatic rings. The summed E-state index contributed by atoms with van der Waals surface area (Å²) >= 11 is 4.14. The summed E-state index contributed by atoms with van der Waals surface area (Å²) in [7, 11) is 0. The van der Waals surface area contributed by atoms with Crippen LogP contribution in [0.15, 0.2) is 0 Å². The molecule has 0 heterocycles. The molecule has 0 rings (SSSR count). The fourth-order valence-electron chi connectivity index (χ4n) is 2.23. The standard InChI is InChI=1S/C17H32N2O3S/c1-11(2)15(19-14(20)9-7-6-8-10-23)17(22)18-13(5)16(21)12(3)4/h11-13,15,23H,6-10H2,1-5H3,(H,18,22)(H,19,20)/t13-,15-/m0/s1. The van der Waals surface area contributed by atoms with Crippen LogP contribution in [0, 0.1) is 11.8 Å². The monoisotopic (exact) mass is 344 g/mol. The number of nitrogens with one attached hydrogen (secondary N) is 2. The van der Waals surface area contributed by atoms with Crippen molar-refractivity contribution in [2.45, 2.75) is 72.4 Å². The maximum absolute atomic E-state index is 12.3. The van der Waals surface area contributed by atoms with Crippen LogP contribution in [0.2, 0.25) is 0 Å². The average Bonchev–Trinajstić information content (AvgIpc) is 2.47. The summed E-state index contributed by atoms with van der Waals surface area (Å²) in [6.45, 7) is 9.03. The van der Waals surface area contributed by atoms with Crippen LogP contribution in [0.3, 0.4) is 0 Å². The Morgan fingerprint density at radius 1 is 0.913 bits per heavy atom. The van der Waals surface area contributed by atoms with Gasteiger partial charge in [-0.15, -0.1) is 0 Å². The van der Waals surface area contributed by atoms with Crippen molar-refractivity contribution in [3.8, 4) is 0 Å². The maximum Gasteiger partial charge on any atom is 0.243 e. The topological polar surface area (TPSA) is 75.3 Å². The number of carbonyl (C=O) groups excluding carboxylic acids is 3. The number of unbranched alkanes of at least 4 members (excludes halogenated alkanes) is 2. The molecule has 5 nitrogen and oxygen atoms in total. The Labute approximate surface area is 145 Å². The Balaban J connectivity index is 4.51. The van der Waals surface area contributed by atoms with Crippen molar-refractivity contribution in [3.63, 3.8) is 0 Å². The van der Waals surface area contributed by atoms with Gasteiger partial charge in [-0.3, -0.25) is 14.4 Å². The van der Waals surface area contributed by atoms with Gasteiger partial charge in [0.2, 0.25) is 11.8 Å². The van der Waals surface area contributed by atoms with Crippen LogP contribution in [-0.4, -0.2) is 35.4 Å². The fourth-order valence-corrected chi connectivity index (χ4v) is 2.45. The molecule has 0 aliphatic heterocycles. The smallest absolute Gasteiger partial charge is 0.243 e. The average molecular weight is 345 g/mol. The first-order valence-corrected chi connectivity index (χ1v) is 9.08. The molecule has 6 heteroatoms. The highest BCUT2D eigenvalue weighted by Crippen LogP contribution is 2.07. The molecule has 0 aromatic heterocycles.